The molecule has 8 heteroatoms. The fraction of sp³-hybridized carbons (Fsp3) is 0. The van der Waals surface area contributed by atoms with Crippen LogP contribution in [0.15, 0.2) is 117 Å². The van der Waals surface area contributed by atoms with Crippen LogP contribution in [0.5, 0.6) is 0 Å². The highest BCUT2D eigenvalue weighted by molar-refractivity contribution is 6.06. The van der Waals surface area contributed by atoms with Crippen molar-refractivity contribution in [1.29, 1.82) is 0 Å². The summed E-state index contributed by atoms with van der Waals surface area (Å²) in [7, 11) is 0. The molecule has 0 aliphatic carbocycles. The molecule has 3 heterocycles. The Bertz CT molecular complexity index is 1790. The number of fused-ring (bicyclic) bond motifs is 1. The van der Waals surface area contributed by atoms with E-state index in [1.54, 1.807) is 79.1 Å². The zero-order valence-corrected chi connectivity index (χ0v) is 19.3. The Balaban J connectivity index is 1.25. The molecule has 0 saturated heterocycles. The molecule has 0 spiro atoms. The van der Waals surface area contributed by atoms with Crippen LogP contribution in [0.25, 0.3) is 44.9 Å². The van der Waals surface area contributed by atoms with Crippen LogP contribution in [0.1, 0.15) is 10.4 Å². The molecule has 3 aromatic carbocycles. The van der Waals surface area contributed by atoms with Gasteiger partial charge in [-0.1, -0.05) is 47.6 Å². The van der Waals surface area contributed by atoms with Crippen LogP contribution in [-0.2, 0) is 0 Å². The Labute approximate surface area is 210 Å². The number of hydrogen-bond acceptors (Lipinski definition) is 7. The molecule has 0 radical (unpaired) electrons. The first kappa shape index (κ1) is 22.1. The molecule has 6 aromatic rings. The van der Waals surface area contributed by atoms with Crippen molar-refractivity contribution in [2.45, 2.75) is 0 Å². The summed E-state index contributed by atoms with van der Waals surface area (Å²) in [5.74, 6) is 0.381. The molecule has 0 atom stereocenters. The molecule has 0 bridgehead atoms. The van der Waals surface area contributed by atoms with Crippen molar-refractivity contribution >= 4 is 22.6 Å². The lowest BCUT2D eigenvalue weighted by atomic mass is 10.0. The summed E-state index contributed by atoms with van der Waals surface area (Å²) in [6.45, 7) is 0. The molecular weight excluding hydrogens is 468 g/mol. The maximum absolute atomic E-state index is 13.0. The number of aromatic nitrogens is 3. The van der Waals surface area contributed by atoms with Gasteiger partial charge in [0.25, 0.3) is 11.8 Å². The number of rotatable bonds is 5. The van der Waals surface area contributed by atoms with Crippen molar-refractivity contribution in [2.75, 3.05) is 5.32 Å². The molecule has 1 amide bonds. The monoisotopic (exact) mass is 486 g/mol. The zero-order valence-electron chi connectivity index (χ0n) is 19.3. The average molecular weight is 486 g/mol. The smallest absolute Gasteiger partial charge is 0.344 e. The minimum Gasteiger partial charge on any atom is -0.422 e. The van der Waals surface area contributed by atoms with E-state index in [1.165, 1.54) is 0 Å². The molecule has 0 unspecified atom stereocenters. The first-order valence-electron chi connectivity index (χ1n) is 11.4. The SMILES string of the molecule is O=C(Nc1ccccc1-c1nc(-c2ccncc2)no1)c1ccc(-c2cc3ccccc3oc2=O)cc1. The number of pyridine rings is 1. The summed E-state index contributed by atoms with van der Waals surface area (Å²) >= 11 is 0. The third kappa shape index (κ3) is 4.39. The number of anilines is 1. The number of carbonyl (C=O) groups excluding carboxylic acids is 1. The average Bonchev–Trinajstić information content (AvgIpc) is 3.44. The summed E-state index contributed by atoms with van der Waals surface area (Å²) in [6, 6.07) is 26.6. The largest absolute Gasteiger partial charge is 0.422 e. The number of hydrogen-bond donors (Lipinski definition) is 1. The highest BCUT2D eigenvalue weighted by Crippen LogP contribution is 2.29. The summed E-state index contributed by atoms with van der Waals surface area (Å²) in [5, 5.41) is 7.78. The van der Waals surface area contributed by atoms with E-state index in [2.05, 4.69) is 20.4 Å². The van der Waals surface area contributed by atoms with Gasteiger partial charge in [0.2, 0.25) is 5.82 Å². The number of carbonyl (C=O) groups is 1. The molecule has 0 aliphatic rings. The maximum atomic E-state index is 13.0. The van der Waals surface area contributed by atoms with Crippen molar-refractivity contribution in [3.8, 4) is 34.0 Å². The van der Waals surface area contributed by atoms with E-state index in [4.69, 9.17) is 8.94 Å². The molecule has 6 rings (SSSR count). The van der Waals surface area contributed by atoms with Gasteiger partial charge in [-0.05, 0) is 54.1 Å². The van der Waals surface area contributed by atoms with Gasteiger partial charge in [0.1, 0.15) is 5.58 Å². The molecule has 8 nitrogen and oxygen atoms in total. The van der Waals surface area contributed by atoms with E-state index in [9.17, 15) is 9.59 Å². The van der Waals surface area contributed by atoms with Crippen LogP contribution in [0.3, 0.4) is 0 Å². The minimum absolute atomic E-state index is 0.279. The van der Waals surface area contributed by atoms with Gasteiger partial charge >= 0.3 is 5.63 Å². The molecule has 178 valence electrons. The number of amides is 1. The van der Waals surface area contributed by atoms with Gasteiger partial charge < -0.3 is 14.3 Å². The summed E-state index contributed by atoms with van der Waals surface area (Å²) in [5.41, 5.74) is 3.49. The lowest BCUT2D eigenvalue weighted by Crippen LogP contribution is -2.12. The first-order chi connectivity index (χ1) is 18.2. The van der Waals surface area contributed by atoms with Gasteiger partial charge in [0.05, 0.1) is 16.8 Å². The summed E-state index contributed by atoms with van der Waals surface area (Å²) in [4.78, 5) is 34.0. The van der Waals surface area contributed by atoms with Crippen molar-refractivity contribution in [3.63, 3.8) is 0 Å². The topological polar surface area (TPSA) is 111 Å². The predicted octanol–water partition coefficient (Wildman–Crippen LogP) is 5.82. The minimum atomic E-state index is -0.435. The van der Waals surface area contributed by atoms with Crippen molar-refractivity contribution in [2.24, 2.45) is 0 Å². The van der Waals surface area contributed by atoms with Crippen LogP contribution in [0.4, 0.5) is 5.69 Å². The number of nitrogens with one attached hydrogen (secondary N) is 1. The maximum Gasteiger partial charge on any atom is 0.344 e. The molecule has 37 heavy (non-hydrogen) atoms. The van der Waals surface area contributed by atoms with E-state index < -0.39 is 5.63 Å². The van der Waals surface area contributed by atoms with E-state index in [0.29, 0.717) is 39.3 Å². The van der Waals surface area contributed by atoms with Crippen LogP contribution >= 0.6 is 0 Å². The lowest BCUT2D eigenvalue weighted by Gasteiger charge is -2.09. The molecule has 0 aliphatic heterocycles. The van der Waals surface area contributed by atoms with Crippen molar-refractivity contribution < 1.29 is 13.7 Å². The second kappa shape index (κ2) is 9.35. The Morgan fingerprint density at radius 2 is 1.54 bits per heavy atom. The fourth-order valence-electron chi connectivity index (χ4n) is 3.99. The quantitative estimate of drug-likeness (QED) is 0.305. The van der Waals surface area contributed by atoms with Crippen LogP contribution in [0, 0.1) is 0 Å². The van der Waals surface area contributed by atoms with Gasteiger partial charge in [0.15, 0.2) is 0 Å². The Morgan fingerprint density at radius 1 is 0.784 bits per heavy atom. The normalized spacial score (nSPS) is 10.9. The third-order valence-electron chi connectivity index (χ3n) is 5.87. The number of para-hydroxylation sites is 2. The number of nitrogens with zero attached hydrogens (tertiary/aromatic N) is 3. The predicted molar refractivity (Wildman–Crippen MR) is 139 cm³/mol. The van der Waals surface area contributed by atoms with Gasteiger partial charge in [-0.2, -0.15) is 4.98 Å². The molecule has 1 N–H and O–H groups in total. The summed E-state index contributed by atoms with van der Waals surface area (Å²) in [6.07, 6.45) is 3.30. The molecule has 0 saturated carbocycles. The van der Waals surface area contributed by atoms with E-state index in [1.807, 2.05) is 24.3 Å². The van der Waals surface area contributed by atoms with E-state index in [-0.39, 0.29) is 11.8 Å². The van der Waals surface area contributed by atoms with E-state index >= 15 is 0 Å². The zero-order chi connectivity index (χ0) is 25.2. The van der Waals surface area contributed by atoms with Crippen molar-refractivity contribution in [1.82, 2.24) is 15.1 Å². The second-order valence-corrected chi connectivity index (χ2v) is 8.22. The van der Waals surface area contributed by atoms with Gasteiger partial charge in [-0.3, -0.25) is 9.78 Å². The van der Waals surface area contributed by atoms with Crippen LogP contribution in [0.2, 0.25) is 0 Å². The Morgan fingerprint density at radius 3 is 2.38 bits per heavy atom. The van der Waals surface area contributed by atoms with Crippen LogP contribution in [-0.4, -0.2) is 21.0 Å². The Kier molecular flexibility index (Phi) is 5.59. The van der Waals surface area contributed by atoms with Crippen molar-refractivity contribution in [3.05, 3.63) is 119 Å². The van der Waals surface area contributed by atoms with Crippen LogP contribution < -0.4 is 10.9 Å². The Hall–Kier alpha value is -5.37. The fourth-order valence-corrected chi connectivity index (χ4v) is 3.99. The number of benzene rings is 3. The molecular formula is C29H18N4O4. The van der Waals surface area contributed by atoms with E-state index in [0.717, 1.165) is 10.9 Å². The third-order valence-corrected chi connectivity index (χ3v) is 5.87. The summed E-state index contributed by atoms with van der Waals surface area (Å²) < 4.78 is 10.9. The standard InChI is InChI=1S/C29H18N4O4/c34-27(20-11-9-18(10-12-20)23-17-21-5-1-4-8-25(21)36-29(23)35)31-24-7-3-2-6-22(24)28-32-26(33-37-28)19-13-15-30-16-14-19/h1-17H,(H,31,34). The second-order valence-electron chi connectivity index (χ2n) is 8.22. The highest BCUT2D eigenvalue weighted by Gasteiger charge is 2.16. The molecule has 0 fully saturated rings. The lowest BCUT2D eigenvalue weighted by molar-refractivity contribution is 0.102. The van der Waals surface area contributed by atoms with Gasteiger partial charge in [0, 0.05) is 28.9 Å². The molecule has 3 aromatic heterocycles. The first-order valence-corrected chi connectivity index (χ1v) is 11.4. The highest BCUT2D eigenvalue weighted by atomic mass is 16.5. The van der Waals surface area contributed by atoms with Gasteiger partial charge in [-0.25, -0.2) is 4.79 Å². The van der Waals surface area contributed by atoms with Gasteiger partial charge in [-0.15, -0.1) is 0 Å².